The molecule has 1 saturated heterocycles. The second kappa shape index (κ2) is 7.17. The highest BCUT2D eigenvalue weighted by atomic mass is 19.4. The molecule has 0 aromatic carbocycles. The molecule has 0 N–H and O–H groups in total. The Morgan fingerprint density at radius 3 is 2.63 bits per heavy atom. The molecule has 162 valence electrons. The number of nitrogens with zero attached hydrogens (tertiary/aromatic N) is 5. The highest BCUT2D eigenvalue weighted by Gasteiger charge is 2.43. The lowest BCUT2D eigenvalue weighted by molar-refractivity contribution is -0.141. The highest BCUT2D eigenvalue weighted by molar-refractivity contribution is 5.81. The SMILES string of the molecule is O=C([C@@H]1CCCc2nn(Cc3ccc(C(F)(F)F)nc3)c(=O)n21)N1CCC(F)(F)C1. The summed E-state index contributed by atoms with van der Waals surface area (Å²) < 4.78 is 67.2. The molecule has 0 radical (unpaired) electrons. The second-order valence-corrected chi connectivity index (χ2v) is 7.55. The van der Waals surface area contributed by atoms with Crippen LogP contribution in [0.2, 0.25) is 0 Å². The van der Waals surface area contributed by atoms with Gasteiger partial charge in [0.2, 0.25) is 5.91 Å². The van der Waals surface area contributed by atoms with Crippen molar-refractivity contribution in [1.29, 1.82) is 0 Å². The van der Waals surface area contributed by atoms with E-state index in [1.807, 2.05) is 0 Å². The summed E-state index contributed by atoms with van der Waals surface area (Å²) in [5, 5.41) is 4.20. The number of rotatable bonds is 3. The van der Waals surface area contributed by atoms with Crippen LogP contribution in [0.5, 0.6) is 0 Å². The normalized spacial score (nSPS) is 21.0. The molecule has 0 aliphatic carbocycles. The van der Waals surface area contributed by atoms with E-state index in [4.69, 9.17) is 0 Å². The smallest absolute Gasteiger partial charge is 0.335 e. The number of carbonyl (C=O) groups excluding carboxylic acids is 1. The Kier molecular flexibility index (Phi) is 4.89. The van der Waals surface area contributed by atoms with E-state index in [9.17, 15) is 31.5 Å². The van der Waals surface area contributed by atoms with Crippen molar-refractivity contribution in [3.63, 3.8) is 0 Å². The van der Waals surface area contributed by atoms with Crippen molar-refractivity contribution >= 4 is 5.91 Å². The molecule has 2 aromatic rings. The number of hydrogen-bond acceptors (Lipinski definition) is 4. The summed E-state index contributed by atoms with van der Waals surface area (Å²) in [5.41, 5.74) is -1.31. The van der Waals surface area contributed by atoms with Gasteiger partial charge in [0.25, 0.3) is 5.92 Å². The zero-order valence-electron chi connectivity index (χ0n) is 15.7. The van der Waals surface area contributed by atoms with Crippen LogP contribution in [-0.2, 0) is 23.9 Å². The molecule has 1 atom stereocenters. The molecule has 30 heavy (non-hydrogen) atoms. The van der Waals surface area contributed by atoms with Crippen LogP contribution in [0.3, 0.4) is 0 Å². The topological polar surface area (TPSA) is 73.0 Å². The number of hydrogen-bond donors (Lipinski definition) is 0. The summed E-state index contributed by atoms with van der Waals surface area (Å²) in [4.78, 5) is 30.1. The fraction of sp³-hybridized carbons (Fsp3) is 0.556. The monoisotopic (exact) mass is 431 g/mol. The maximum atomic E-state index is 13.5. The Balaban J connectivity index is 1.57. The first-order valence-corrected chi connectivity index (χ1v) is 9.42. The number of carbonyl (C=O) groups is 1. The number of likely N-dealkylation sites (tertiary alicyclic amines) is 1. The molecule has 1 amide bonds. The van der Waals surface area contributed by atoms with Crippen LogP contribution in [0, 0.1) is 0 Å². The maximum Gasteiger partial charge on any atom is 0.433 e. The first kappa shape index (κ1) is 20.5. The van der Waals surface area contributed by atoms with Crippen LogP contribution >= 0.6 is 0 Å². The van der Waals surface area contributed by atoms with E-state index < -0.39 is 48.4 Å². The predicted molar refractivity (Wildman–Crippen MR) is 92.9 cm³/mol. The molecule has 1 fully saturated rings. The summed E-state index contributed by atoms with van der Waals surface area (Å²) in [6.45, 7) is -0.859. The van der Waals surface area contributed by atoms with Crippen LogP contribution in [0.4, 0.5) is 22.0 Å². The number of halogens is 5. The lowest BCUT2D eigenvalue weighted by Crippen LogP contribution is -2.42. The van der Waals surface area contributed by atoms with Gasteiger partial charge in [0.1, 0.15) is 17.6 Å². The summed E-state index contributed by atoms with van der Waals surface area (Å²) in [7, 11) is 0. The van der Waals surface area contributed by atoms with Crippen molar-refractivity contribution in [2.24, 2.45) is 0 Å². The van der Waals surface area contributed by atoms with Crippen molar-refractivity contribution in [3.05, 3.63) is 45.9 Å². The Morgan fingerprint density at radius 2 is 2.03 bits per heavy atom. The predicted octanol–water partition coefficient (Wildman–Crippen LogP) is 2.25. The number of fused-ring (bicyclic) bond motifs is 1. The summed E-state index contributed by atoms with van der Waals surface area (Å²) in [6, 6.07) is 1.11. The number of alkyl halides is 5. The second-order valence-electron chi connectivity index (χ2n) is 7.55. The maximum absolute atomic E-state index is 13.5. The Hall–Kier alpha value is -2.79. The molecule has 0 spiro atoms. The number of aryl methyl sites for hydroxylation is 1. The van der Waals surface area contributed by atoms with Gasteiger partial charge in [-0.05, 0) is 24.5 Å². The van der Waals surface area contributed by atoms with Gasteiger partial charge in [-0.1, -0.05) is 6.07 Å². The molecule has 12 heteroatoms. The first-order chi connectivity index (χ1) is 14.0. The van der Waals surface area contributed by atoms with Crippen molar-refractivity contribution in [2.75, 3.05) is 13.1 Å². The van der Waals surface area contributed by atoms with Gasteiger partial charge in [-0.15, -0.1) is 0 Å². The third-order valence-electron chi connectivity index (χ3n) is 5.34. The highest BCUT2D eigenvalue weighted by Crippen LogP contribution is 2.31. The minimum Gasteiger partial charge on any atom is -0.335 e. The van der Waals surface area contributed by atoms with Crippen molar-refractivity contribution in [3.8, 4) is 0 Å². The minimum absolute atomic E-state index is 0.0716. The fourth-order valence-corrected chi connectivity index (χ4v) is 3.86. The van der Waals surface area contributed by atoms with E-state index in [1.165, 1.54) is 10.6 Å². The van der Waals surface area contributed by atoms with E-state index in [0.717, 1.165) is 21.8 Å². The molecule has 4 heterocycles. The minimum atomic E-state index is -4.57. The summed E-state index contributed by atoms with van der Waals surface area (Å²) in [6.07, 6.45) is -2.62. The molecule has 0 saturated carbocycles. The van der Waals surface area contributed by atoms with Crippen molar-refractivity contribution in [2.45, 2.75) is 50.4 Å². The van der Waals surface area contributed by atoms with Crippen LogP contribution in [0.1, 0.15) is 42.4 Å². The third-order valence-corrected chi connectivity index (χ3v) is 5.34. The molecule has 2 aliphatic heterocycles. The lowest BCUT2D eigenvalue weighted by atomic mass is 10.0. The third kappa shape index (κ3) is 3.82. The van der Waals surface area contributed by atoms with Gasteiger partial charge in [-0.3, -0.25) is 14.3 Å². The van der Waals surface area contributed by atoms with E-state index in [1.54, 1.807) is 0 Å². The van der Waals surface area contributed by atoms with Gasteiger partial charge in [-0.2, -0.15) is 18.3 Å². The molecular weight excluding hydrogens is 413 g/mol. The molecule has 7 nitrogen and oxygen atoms in total. The fourth-order valence-electron chi connectivity index (χ4n) is 3.86. The van der Waals surface area contributed by atoms with Crippen molar-refractivity contribution in [1.82, 2.24) is 24.2 Å². The molecule has 2 aromatic heterocycles. The van der Waals surface area contributed by atoms with Gasteiger partial charge >= 0.3 is 11.9 Å². The van der Waals surface area contributed by atoms with Gasteiger partial charge in [-0.25, -0.2) is 18.3 Å². The zero-order valence-corrected chi connectivity index (χ0v) is 15.7. The molecular formula is C18H18F5N5O2. The van der Waals surface area contributed by atoms with Gasteiger partial charge in [0, 0.05) is 25.6 Å². The Morgan fingerprint density at radius 1 is 1.27 bits per heavy atom. The Labute approximate surface area is 167 Å². The zero-order chi connectivity index (χ0) is 21.7. The van der Waals surface area contributed by atoms with Crippen LogP contribution in [-0.4, -0.2) is 49.2 Å². The van der Waals surface area contributed by atoms with Crippen LogP contribution in [0.25, 0.3) is 0 Å². The number of amides is 1. The Bertz CT molecular complexity index is 1010. The quantitative estimate of drug-likeness (QED) is 0.699. The average Bonchev–Trinajstić information content (AvgIpc) is 3.20. The first-order valence-electron chi connectivity index (χ1n) is 9.42. The summed E-state index contributed by atoms with van der Waals surface area (Å²) in [5.74, 6) is -3.11. The molecule has 0 unspecified atom stereocenters. The standard InChI is InChI=1S/C18H18F5N5O2/c19-17(20)6-7-26(10-17)15(29)12-2-1-3-14-25-27(16(30)28(12)14)9-11-4-5-13(24-8-11)18(21,22)23/h4-5,8,12H,1-3,6-7,9-10H2/t12-/m0/s1. The largest absolute Gasteiger partial charge is 0.433 e. The summed E-state index contributed by atoms with van der Waals surface area (Å²) >= 11 is 0. The van der Waals surface area contributed by atoms with E-state index in [2.05, 4.69) is 10.1 Å². The van der Waals surface area contributed by atoms with Crippen LogP contribution in [0.15, 0.2) is 23.1 Å². The lowest BCUT2D eigenvalue weighted by Gasteiger charge is -2.27. The van der Waals surface area contributed by atoms with E-state index in [-0.39, 0.29) is 13.1 Å². The van der Waals surface area contributed by atoms with Crippen molar-refractivity contribution < 1.29 is 26.7 Å². The molecule has 0 bridgehead atoms. The van der Waals surface area contributed by atoms with E-state index in [0.29, 0.717) is 30.7 Å². The van der Waals surface area contributed by atoms with Gasteiger partial charge in [0.15, 0.2) is 0 Å². The van der Waals surface area contributed by atoms with E-state index >= 15 is 0 Å². The van der Waals surface area contributed by atoms with Gasteiger partial charge < -0.3 is 4.90 Å². The van der Waals surface area contributed by atoms with Gasteiger partial charge in [0.05, 0.1) is 13.1 Å². The number of aromatic nitrogens is 4. The van der Waals surface area contributed by atoms with Crippen LogP contribution < -0.4 is 5.69 Å². The number of pyridine rings is 1. The molecule has 2 aliphatic rings. The average molecular weight is 431 g/mol. The molecule has 4 rings (SSSR count).